The molecule has 0 amide bonds. The summed E-state index contributed by atoms with van der Waals surface area (Å²) >= 11 is 1.66. The molecule has 1 fully saturated rings. The maximum Gasteiger partial charge on any atom is 0.226 e. The molecule has 2 aromatic rings. The van der Waals surface area contributed by atoms with Gasteiger partial charge in [0, 0.05) is 19.1 Å². The summed E-state index contributed by atoms with van der Waals surface area (Å²) in [5.74, 6) is 1.67. The molecule has 3 rings (SSSR count). The van der Waals surface area contributed by atoms with Crippen LogP contribution in [0.15, 0.2) is 11.4 Å². The lowest BCUT2D eigenvalue weighted by Gasteiger charge is -2.23. The number of nitrogens with one attached hydrogen (secondary N) is 2. The van der Waals surface area contributed by atoms with Crippen molar-refractivity contribution in [1.29, 1.82) is 0 Å². The maximum absolute atomic E-state index is 4.63. The first-order chi connectivity index (χ1) is 10.3. The average molecular weight is 305 g/mol. The van der Waals surface area contributed by atoms with Crippen LogP contribution in [0.4, 0.5) is 11.8 Å². The zero-order chi connectivity index (χ0) is 14.7. The van der Waals surface area contributed by atoms with Gasteiger partial charge < -0.3 is 10.6 Å². The van der Waals surface area contributed by atoms with E-state index < -0.39 is 0 Å². The summed E-state index contributed by atoms with van der Waals surface area (Å²) in [7, 11) is 0. The maximum atomic E-state index is 4.63. The number of likely N-dealkylation sites (N-methyl/N-ethyl adjacent to an activating group) is 1. The van der Waals surface area contributed by atoms with Crippen molar-refractivity contribution in [1.82, 2.24) is 14.9 Å². The van der Waals surface area contributed by atoms with Gasteiger partial charge in [0.2, 0.25) is 5.95 Å². The van der Waals surface area contributed by atoms with Gasteiger partial charge in [0.1, 0.15) is 10.6 Å². The zero-order valence-electron chi connectivity index (χ0n) is 12.7. The van der Waals surface area contributed by atoms with Gasteiger partial charge in [-0.3, -0.25) is 4.90 Å². The van der Waals surface area contributed by atoms with Gasteiger partial charge in [0.15, 0.2) is 0 Å². The molecule has 114 valence electrons. The highest BCUT2D eigenvalue weighted by Gasteiger charge is 2.23. The SMILES string of the molecule is CCNc1nc(NCC2CCCN2CC)c2ccsc2n1. The molecule has 1 aliphatic rings. The quantitative estimate of drug-likeness (QED) is 0.859. The monoisotopic (exact) mass is 305 g/mol. The molecular formula is C15H23N5S. The molecule has 1 saturated heterocycles. The van der Waals surface area contributed by atoms with Gasteiger partial charge in [-0.2, -0.15) is 4.98 Å². The van der Waals surface area contributed by atoms with Crippen LogP contribution in [0.5, 0.6) is 0 Å². The van der Waals surface area contributed by atoms with Gasteiger partial charge in [-0.1, -0.05) is 6.92 Å². The standard InChI is InChI=1S/C15H23N5S/c1-3-16-15-18-13(12-7-9-21-14(12)19-15)17-10-11-6-5-8-20(11)4-2/h7,9,11H,3-6,8,10H2,1-2H3,(H2,16,17,18,19). The summed E-state index contributed by atoms with van der Waals surface area (Å²) in [5, 5.41) is 9.97. The number of hydrogen-bond donors (Lipinski definition) is 2. The molecule has 1 atom stereocenters. The van der Waals surface area contributed by atoms with E-state index in [1.165, 1.54) is 19.4 Å². The summed E-state index contributed by atoms with van der Waals surface area (Å²) < 4.78 is 0. The topological polar surface area (TPSA) is 53.1 Å². The first-order valence-corrected chi connectivity index (χ1v) is 8.66. The van der Waals surface area contributed by atoms with Crippen LogP contribution in [0.3, 0.4) is 0 Å². The predicted molar refractivity (Wildman–Crippen MR) is 90.3 cm³/mol. The first kappa shape index (κ1) is 14.5. The fraction of sp³-hybridized carbons (Fsp3) is 0.600. The molecule has 0 spiro atoms. The second-order valence-electron chi connectivity index (χ2n) is 5.37. The van der Waals surface area contributed by atoms with Crippen LogP contribution in [0.2, 0.25) is 0 Å². The minimum atomic E-state index is 0.626. The van der Waals surface area contributed by atoms with Crippen LogP contribution in [-0.4, -0.2) is 47.1 Å². The van der Waals surface area contributed by atoms with Crippen molar-refractivity contribution >= 4 is 33.3 Å². The molecule has 0 saturated carbocycles. The lowest BCUT2D eigenvalue weighted by atomic mass is 10.2. The van der Waals surface area contributed by atoms with Gasteiger partial charge in [0.25, 0.3) is 0 Å². The number of fused-ring (bicyclic) bond motifs is 1. The Labute approximate surface area is 129 Å². The van der Waals surface area contributed by atoms with E-state index in [0.717, 1.165) is 35.7 Å². The van der Waals surface area contributed by atoms with Crippen molar-refractivity contribution in [3.05, 3.63) is 11.4 Å². The van der Waals surface area contributed by atoms with Crippen LogP contribution >= 0.6 is 11.3 Å². The van der Waals surface area contributed by atoms with Crippen molar-refractivity contribution in [2.75, 3.05) is 36.8 Å². The van der Waals surface area contributed by atoms with Gasteiger partial charge in [0.05, 0.1) is 5.39 Å². The molecule has 1 unspecified atom stereocenters. The Hall–Kier alpha value is -1.40. The van der Waals surface area contributed by atoms with E-state index in [1.54, 1.807) is 11.3 Å². The minimum absolute atomic E-state index is 0.626. The van der Waals surface area contributed by atoms with E-state index in [9.17, 15) is 0 Å². The number of aromatic nitrogens is 2. The normalized spacial score (nSPS) is 19.2. The van der Waals surface area contributed by atoms with Gasteiger partial charge in [-0.25, -0.2) is 4.98 Å². The number of nitrogens with zero attached hydrogens (tertiary/aromatic N) is 3. The second-order valence-corrected chi connectivity index (χ2v) is 6.27. The summed E-state index contributed by atoms with van der Waals surface area (Å²) in [6, 6.07) is 2.73. The van der Waals surface area contributed by atoms with E-state index in [4.69, 9.17) is 0 Å². The van der Waals surface area contributed by atoms with Crippen LogP contribution in [0, 0.1) is 0 Å². The van der Waals surface area contributed by atoms with Crippen molar-refractivity contribution in [3.8, 4) is 0 Å². The summed E-state index contributed by atoms with van der Waals surface area (Å²) in [4.78, 5) is 12.8. The molecule has 6 heteroatoms. The fourth-order valence-corrected chi connectivity index (χ4v) is 3.75. The molecule has 0 bridgehead atoms. The Morgan fingerprint density at radius 2 is 2.24 bits per heavy atom. The Bertz CT molecular complexity index is 597. The molecule has 5 nitrogen and oxygen atoms in total. The highest BCUT2D eigenvalue weighted by Crippen LogP contribution is 2.27. The molecule has 2 aromatic heterocycles. The zero-order valence-corrected chi connectivity index (χ0v) is 13.5. The first-order valence-electron chi connectivity index (χ1n) is 7.78. The lowest BCUT2D eigenvalue weighted by Crippen LogP contribution is -2.34. The van der Waals surface area contributed by atoms with E-state index in [-0.39, 0.29) is 0 Å². The molecule has 0 aliphatic carbocycles. The Balaban J connectivity index is 1.77. The Morgan fingerprint density at radius 3 is 3.05 bits per heavy atom. The molecule has 3 heterocycles. The minimum Gasteiger partial charge on any atom is -0.368 e. The van der Waals surface area contributed by atoms with E-state index in [2.05, 4.69) is 50.8 Å². The number of rotatable bonds is 6. The van der Waals surface area contributed by atoms with Crippen LogP contribution < -0.4 is 10.6 Å². The van der Waals surface area contributed by atoms with Crippen molar-refractivity contribution in [3.63, 3.8) is 0 Å². The third-order valence-electron chi connectivity index (χ3n) is 4.07. The predicted octanol–water partition coefficient (Wildman–Crippen LogP) is 3.02. The number of anilines is 2. The van der Waals surface area contributed by atoms with Gasteiger partial charge in [-0.15, -0.1) is 11.3 Å². The summed E-state index contributed by atoms with van der Waals surface area (Å²) in [6.07, 6.45) is 2.58. The highest BCUT2D eigenvalue weighted by atomic mass is 32.1. The largest absolute Gasteiger partial charge is 0.368 e. The molecule has 0 aromatic carbocycles. The second kappa shape index (κ2) is 6.58. The van der Waals surface area contributed by atoms with Gasteiger partial charge in [-0.05, 0) is 44.3 Å². The van der Waals surface area contributed by atoms with Crippen LogP contribution in [0.25, 0.3) is 10.2 Å². The third kappa shape index (κ3) is 3.11. The van der Waals surface area contributed by atoms with Gasteiger partial charge >= 0.3 is 0 Å². The Kier molecular flexibility index (Phi) is 4.55. The molecular weight excluding hydrogens is 282 g/mol. The smallest absolute Gasteiger partial charge is 0.226 e. The van der Waals surface area contributed by atoms with Crippen molar-refractivity contribution in [2.45, 2.75) is 32.7 Å². The number of hydrogen-bond acceptors (Lipinski definition) is 6. The molecule has 21 heavy (non-hydrogen) atoms. The summed E-state index contributed by atoms with van der Waals surface area (Å²) in [5.41, 5.74) is 0. The molecule has 2 N–H and O–H groups in total. The summed E-state index contributed by atoms with van der Waals surface area (Å²) in [6.45, 7) is 8.45. The number of thiophene rings is 1. The van der Waals surface area contributed by atoms with Crippen LogP contribution in [0.1, 0.15) is 26.7 Å². The van der Waals surface area contributed by atoms with E-state index in [0.29, 0.717) is 12.0 Å². The lowest BCUT2D eigenvalue weighted by molar-refractivity contribution is 0.277. The van der Waals surface area contributed by atoms with E-state index in [1.807, 2.05) is 0 Å². The third-order valence-corrected chi connectivity index (χ3v) is 4.88. The van der Waals surface area contributed by atoms with E-state index >= 15 is 0 Å². The van der Waals surface area contributed by atoms with Crippen LogP contribution in [-0.2, 0) is 0 Å². The van der Waals surface area contributed by atoms with Crippen molar-refractivity contribution in [2.24, 2.45) is 0 Å². The molecule has 0 radical (unpaired) electrons. The highest BCUT2D eigenvalue weighted by molar-refractivity contribution is 7.16. The average Bonchev–Trinajstić information content (AvgIpc) is 3.13. The number of likely N-dealkylation sites (tertiary alicyclic amines) is 1. The fourth-order valence-electron chi connectivity index (χ4n) is 2.98. The Morgan fingerprint density at radius 1 is 1.33 bits per heavy atom. The molecule has 1 aliphatic heterocycles. The van der Waals surface area contributed by atoms with Crippen molar-refractivity contribution < 1.29 is 0 Å².